The molecule has 0 spiro atoms. The van der Waals surface area contributed by atoms with Crippen LogP contribution in [-0.4, -0.2) is 47.6 Å². The predicted molar refractivity (Wildman–Crippen MR) is 141 cm³/mol. The molecule has 0 bridgehead atoms. The second-order valence-corrected chi connectivity index (χ2v) is 8.12. The molecule has 4 rings (SSSR count). The van der Waals surface area contributed by atoms with Crippen LogP contribution >= 0.6 is 35.7 Å². The van der Waals surface area contributed by atoms with Crippen molar-refractivity contribution in [2.75, 3.05) is 37.4 Å². The number of benzene rings is 2. The first-order valence-electron chi connectivity index (χ1n) is 10.5. The number of thioether (sulfide) groups is 1. The number of anilines is 1. The van der Waals surface area contributed by atoms with Gasteiger partial charge in [-0.1, -0.05) is 18.2 Å². The van der Waals surface area contributed by atoms with Crippen molar-refractivity contribution in [2.24, 2.45) is 4.99 Å². The van der Waals surface area contributed by atoms with Crippen LogP contribution in [0.3, 0.4) is 0 Å². The van der Waals surface area contributed by atoms with Gasteiger partial charge in [0.2, 0.25) is 0 Å². The zero-order chi connectivity index (χ0) is 21.1. The van der Waals surface area contributed by atoms with Gasteiger partial charge in [0.1, 0.15) is 0 Å². The average Bonchev–Trinajstić information content (AvgIpc) is 3.21. The number of imidazole rings is 1. The number of aromatic nitrogens is 2. The number of aliphatic imine (C=N–C) groups is 1. The van der Waals surface area contributed by atoms with Crippen molar-refractivity contribution < 1.29 is 9.47 Å². The van der Waals surface area contributed by atoms with Gasteiger partial charge in [0.25, 0.3) is 0 Å². The molecule has 0 unspecified atom stereocenters. The highest BCUT2D eigenvalue weighted by molar-refractivity contribution is 14.0. The topological polar surface area (TPSA) is 72.7 Å². The van der Waals surface area contributed by atoms with Gasteiger partial charge in [0, 0.05) is 54.3 Å². The number of hydrogen-bond donors (Lipinski definition) is 2. The molecule has 1 aliphatic heterocycles. The lowest BCUT2D eigenvalue weighted by Crippen LogP contribution is -2.33. The van der Waals surface area contributed by atoms with E-state index >= 15 is 0 Å². The monoisotopic (exact) mass is 565 g/mol. The Hall–Kier alpha value is -2.40. The highest BCUT2D eigenvalue weighted by Gasteiger charge is 2.11. The van der Waals surface area contributed by atoms with Crippen molar-refractivity contribution in [3.63, 3.8) is 0 Å². The third-order valence-electron chi connectivity index (χ3n) is 4.60. The highest BCUT2D eigenvalue weighted by atomic mass is 127. The zero-order valence-electron chi connectivity index (χ0n) is 17.8. The number of nitrogens with zero attached hydrogens (tertiary/aromatic N) is 3. The average molecular weight is 565 g/mol. The molecule has 9 heteroatoms. The molecule has 1 aliphatic rings. The van der Waals surface area contributed by atoms with Crippen molar-refractivity contribution in [2.45, 2.75) is 17.9 Å². The zero-order valence-corrected chi connectivity index (χ0v) is 20.9. The number of halogens is 1. The molecule has 0 saturated heterocycles. The van der Waals surface area contributed by atoms with Crippen LogP contribution in [0.15, 0.2) is 77.1 Å². The smallest absolute Gasteiger partial charge is 0.195 e. The lowest BCUT2D eigenvalue weighted by atomic mass is 10.3. The third-order valence-corrected chi connectivity index (χ3v) is 5.62. The minimum atomic E-state index is 0. The van der Waals surface area contributed by atoms with Gasteiger partial charge in [-0.05, 0) is 24.3 Å². The lowest BCUT2D eigenvalue weighted by Gasteiger charge is -2.15. The molecule has 0 aliphatic carbocycles. The summed E-state index contributed by atoms with van der Waals surface area (Å²) in [6, 6.07) is 16.3. The molecule has 0 saturated carbocycles. The van der Waals surface area contributed by atoms with Crippen molar-refractivity contribution in [3.8, 4) is 11.5 Å². The van der Waals surface area contributed by atoms with Crippen LogP contribution in [0, 0.1) is 0 Å². The normalized spacial score (nSPS) is 13.1. The summed E-state index contributed by atoms with van der Waals surface area (Å²) in [5, 5.41) is 6.83. The Balaban J connectivity index is 0.00000289. The minimum absolute atomic E-state index is 0. The van der Waals surface area contributed by atoms with Gasteiger partial charge in [-0.2, -0.15) is 0 Å². The Kier molecular flexibility index (Phi) is 10.0. The number of ether oxygens (including phenoxy) is 2. The molecular formula is C23H28IN5O2S. The minimum Gasteiger partial charge on any atom is -0.490 e. The van der Waals surface area contributed by atoms with Crippen LogP contribution in [-0.2, 0) is 6.54 Å². The van der Waals surface area contributed by atoms with Gasteiger partial charge in [0.05, 0.1) is 26.1 Å². The Morgan fingerprint density at radius 1 is 1.09 bits per heavy atom. The fourth-order valence-corrected chi connectivity index (χ4v) is 3.86. The molecule has 0 fully saturated rings. The van der Waals surface area contributed by atoms with E-state index in [-0.39, 0.29) is 24.0 Å². The molecule has 3 aromatic rings. The quantitative estimate of drug-likeness (QED) is 0.138. The fraction of sp³-hybridized carbons (Fsp3) is 0.304. The summed E-state index contributed by atoms with van der Waals surface area (Å²) in [6.07, 6.45) is 6.41. The van der Waals surface area contributed by atoms with Crippen molar-refractivity contribution in [3.05, 3.63) is 67.3 Å². The number of rotatable bonds is 8. The van der Waals surface area contributed by atoms with Crippen LogP contribution in [0.2, 0.25) is 0 Å². The SMILES string of the molecule is I.c1ccc(SCCNC(=NCCn2ccnc2)Nc2ccc3c(c2)OCCCO3)cc1. The second kappa shape index (κ2) is 13.2. The first kappa shape index (κ1) is 24.2. The van der Waals surface area contributed by atoms with Crippen molar-refractivity contribution >= 4 is 47.4 Å². The molecule has 2 N–H and O–H groups in total. The standard InChI is InChI=1S/C23H27N5O2S.HI/c1-2-5-20(6-3-1)31-16-11-26-23(25-10-13-28-12-9-24-18-28)27-19-7-8-21-22(17-19)30-15-4-14-29-21;/h1-3,5-9,12,17-18H,4,10-11,13-16H2,(H2,25,26,27);1H. The Morgan fingerprint density at radius 3 is 2.75 bits per heavy atom. The number of guanidine groups is 1. The van der Waals surface area contributed by atoms with E-state index in [0.29, 0.717) is 19.8 Å². The fourth-order valence-electron chi connectivity index (χ4n) is 3.07. The summed E-state index contributed by atoms with van der Waals surface area (Å²) in [5.74, 6) is 3.23. The number of nitrogens with one attached hydrogen (secondary N) is 2. The molecule has 1 aromatic heterocycles. The predicted octanol–water partition coefficient (Wildman–Crippen LogP) is 4.51. The Morgan fingerprint density at radius 2 is 1.94 bits per heavy atom. The number of fused-ring (bicyclic) bond motifs is 1. The third kappa shape index (κ3) is 7.63. The van der Waals surface area contributed by atoms with Crippen LogP contribution in [0.25, 0.3) is 0 Å². The van der Waals surface area contributed by atoms with E-state index in [1.807, 2.05) is 46.8 Å². The molecular weight excluding hydrogens is 537 g/mol. The molecule has 0 amide bonds. The van der Waals surface area contributed by atoms with E-state index < -0.39 is 0 Å². The summed E-state index contributed by atoms with van der Waals surface area (Å²) in [5.41, 5.74) is 0.911. The highest BCUT2D eigenvalue weighted by Crippen LogP contribution is 2.32. The summed E-state index contributed by atoms with van der Waals surface area (Å²) in [4.78, 5) is 10.1. The van der Waals surface area contributed by atoms with Crippen LogP contribution in [0.5, 0.6) is 11.5 Å². The maximum absolute atomic E-state index is 5.81. The molecule has 7 nitrogen and oxygen atoms in total. The molecule has 2 aromatic carbocycles. The molecule has 2 heterocycles. The first-order chi connectivity index (χ1) is 15.4. The van der Waals surface area contributed by atoms with Gasteiger partial charge in [-0.15, -0.1) is 35.7 Å². The summed E-state index contributed by atoms with van der Waals surface area (Å²) in [7, 11) is 0. The molecule has 170 valence electrons. The van der Waals surface area contributed by atoms with E-state index in [1.165, 1.54) is 4.90 Å². The largest absolute Gasteiger partial charge is 0.490 e. The van der Waals surface area contributed by atoms with Crippen molar-refractivity contribution in [1.82, 2.24) is 14.9 Å². The Bertz CT molecular complexity index is 970. The van der Waals surface area contributed by atoms with Gasteiger partial charge in [0.15, 0.2) is 17.5 Å². The second-order valence-electron chi connectivity index (χ2n) is 6.96. The van der Waals surface area contributed by atoms with Gasteiger partial charge >= 0.3 is 0 Å². The van der Waals surface area contributed by atoms with Gasteiger partial charge in [-0.3, -0.25) is 4.99 Å². The van der Waals surface area contributed by atoms with Gasteiger partial charge in [-0.25, -0.2) is 4.98 Å². The van der Waals surface area contributed by atoms with E-state index in [0.717, 1.165) is 48.4 Å². The van der Waals surface area contributed by atoms with Crippen LogP contribution in [0.4, 0.5) is 5.69 Å². The van der Waals surface area contributed by atoms with E-state index in [2.05, 4.69) is 39.9 Å². The summed E-state index contributed by atoms with van der Waals surface area (Å²) >= 11 is 1.82. The first-order valence-corrected chi connectivity index (χ1v) is 11.4. The number of hydrogen-bond acceptors (Lipinski definition) is 5. The van der Waals surface area contributed by atoms with Crippen LogP contribution in [0.1, 0.15) is 6.42 Å². The van der Waals surface area contributed by atoms with Crippen molar-refractivity contribution in [1.29, 1.82) is 0 Å². The molecule has 0 atom stereocenters. The summed E-state index contributed by atoms with van der Waals surface area (Å²) < 4.78 is 13.5. The maximum atomic E-state index is 5.81. The maximum Gasteiger partial charge on any atom is 0.195 e. The van der Waals surface area contributed by atoms with Gasteiger partial charge < -0.3 is 24.7 Å². The van der Waals surface area contributed by atoms with E-state index in [9.17, 15) is 0 Å². The lowest BCUT2D eigenvalue weighted by molar-refractivity contribution is 0.297. The van der Waals surface area contributed by atoms with E-state index in [1.54, 1.807) is 12.5 Å². The van der Waals surface area contributed by atoms with E-state index in [4.69, 9.17) is 14.5 Å². The Labute approximate surface area is 210 Å². The molecule has 32 heavy (non-hydrogen) atoms. The van der Waals surface area contributed by atoms with Crippen LogP contribution < -0.4 is 20.1 Å². The summed E-state index contributed by atoms with van der Waals surface area (Å²) in [6.45, 7) is 3.55. The molecule has 0 radical (unpaired) electrons.